The van der Waals surface area contributed by atoms with Crippen LogP contribution in [0, 0.1) is 6.92 Å². The fourth-order valence-electron chi connectivity index (χ4n) is 1.54. The number of rotatable bonds is 4. The van der Waals surface area contributed by atoms with E-state index in [1.807, 2.05) is 25.1 Å². The maximum Gasteiger partial charge on any atom is 0.248 e. The fourth-order valence-corrected chi connectivity index (χ4v) is 1.97. The van der Waals surface area contributed by atoms with Crippen LogP contribution in [0.15, 0.2) is 27.1 Å². The quantitative estimate of drug-likeness (QED) is 0.941. The third-order valence-electron chi connectivity index (χ3n) is 2.55. The van der Waals surface area contributed by atoms with E-state index in [4.69, 9.17) is 4.42 Å². The molecule has 0 bridgehead atoms. The molecule has 0 radical (unpaired) electrons. The molecule has 2 aromatic rings. The molecule has 0 unspecified atom stereocenters. The van der Waals surface area contributed by atoms with E-state index in [0.29, 0.717) is 24.4 Å². The average molecular weight is 310 g/mol. The van der Waals surface area contributed by atoms with Crippen molar-refractivity contribution in [2.24, 2.45) is 0 Å². The number of hydrogen-bond acceptors (Lipinski definition) is 4. The van der Waals surface area contributed by atoms with Crippen LogP contribution in [0.2, 0.25) is 0 Å². The van der Waals surface area contributed by atoms with Crippen molar-refractivity contribution in [2.75, 3.05) is 0 Å². The van der Waals surface area contributed by atoms with Gasteiger partial charge in [0.2, 0.25) is 11.8 Å². The normalized spacial score (nSPS) is 11.2. The SMILES string of the molecule is Cc1cccc(-c2nnc(CNC(C)C)o2)c1Br. The van der Waals surface area contributed by atoms with Crippen LogP contribution in [-0.4, -0.2) is 16.2 Å². The van der Waals surface area contributed by atoms with Gasteiger partial charge in [-0.3, -0.25) is 0 Å². The first-order chi connectivity index (χ1) is 8.58. The molecule has 0 aliphatic heterocycles. The van der Waals surface area contributed by atoms with Crippen molar-refractivity contribution in [3.05, 3.63) is 34.1 Å². The first-order valence-corrected chi connectivity index (χ1v) is 6.68. The summed E-state index contributed by atoms with van der Waals surface area (Å²) in [7, 11) is 0. The van der Waals surface area contributed by atoms with Gasteiger partial charge < -0.3 is 9.73 Å². The van der Waals surface area contributed by atoms with Gasteiger partial charge in [0.25, 0.3) is 0 Å². The molecule has 0 spiro atoms. The first-order valence-electron chi connectivity index (χ1n) is 5.89. The summed E-state index contributed by atoms with van der Waals surface area (Å²) in [6.07, 6.45) is 0. The zero-order valence-corrected chi connectivity index (χ0v) is 12.3. The van der Waals surface area contributed by atoms with E-state index < -0.39 is 0 Å². The van der Waals surface area contributed by atoms with Gasteiger partial charge in [-0.25, -0.2) is 0 Å². The molecular weight excluding hydrogens is 294 g/mol. The zero-order chi connectivity index (χ0) is 13.1. The van der Waals surface area contributed by atoms with Crippen LogP contribution in [0.4, 0.5) is 0 Å². The maximum atomic E-state index is 5.64. The maximum absolute atomic E-state index is 5.64. The van der Waals surface area contributed by atoms with Crippen LogP contribution in [0.5, 0.6) is 0 Å². The monoisotopic (exact) mass is 309 g/mol. The standard InChI is InChI=1S/C13H16BrN3O/c1-8(2)15-7-11-16-17-13(18-11)10-6-4-5-9(3)12(10)14/h4-6,8,15H,7H2,1-3H3. The summed E-state index contributed by atoms with van der Waals surface area (Å²) in [5.74, 6) is 1.15. The van der Waals surface area contributed by atoms with E-state index in [0.717, 1.165) is 15.6 Å². The number of aromatic nitrogens is 2. The Morgan fingerprint density at radius 2 is 2.11 bits per heavy atom. The highest BCUT2D eigenvalue weighted by Crippen LogP contribution is 2.29. The topological polar surface area (TPSA) is 51.0 Å². The Morgan fingerprint density at radius 1 is 1.33 bits per heavy atom. The van der Waals surface area contributed by atoms with E-state index in [9.17, 15) is 0 Å². The van der Waals surface area contributed by atoms with Gasteiger partial charge in [-0.15, -0.1) is 10.2 Å². The van der Waals surface area contributed by atoms with Crippen molar-refractivity contribution in [3.63, 3.8) is 0 Å². The molecule has 1 aromatic carbocycles. The lowest BCUT2D eigenvalue weighted by molar-refractivity contribution is 0.458. The summed E-state index contributed by atoms with van der Waals surface area (Å²) in [4.78, 5) is 0. The fraction of sp³-hybridized carbons (Fsp3) is 0.385. The third kappa shape index (κ3) is 2.97. The summed E-state index contributed by atoms with van der Waals surface area (Å²) < 4.78 is 6.64. The Labute approximate surface area is 115 Å². The lowest BCUT2D eigenvalue weighted by Gasteiger charge is -2.04. The van der Waals surface area contributed by atoms with E-state index in [1.54, 1.807) is 0 Å². The van der Waals surface area contributed by atoms with Crippen molar-refractivity contribution in [1.29, 1.82) is 0 Å². The Balaban J connectivity index is 2.21. The van der Waals surface area contributed by atoms with Gasteiger partial charge in [0.15, 0.2) is 0 Å². The van der Waals surface area contributed by atoms with E-state index in [1.165, 1.54) is 0 Å². The molecule has 18 heavy (non-hydrogen) atoms. The molecule has 1 aromatic heterocycles. The second-order valence-corrected chi connectivity index (χ2v) is 5.27. The molecule has 4 nitrogen and oxygen atoms in total. The Kier molecular flexibility index (Phi) is 4.14. The zero-order valence-electron chi connectivity index (χ0n) is 10.7. The lowest BCUT2D eigenvalue weighted by Crippen LogP contribution is -2.21. The second-order valence-electron chi connectivity index (χ2n) is 4.47. The summed E-state index contributed by atoms with van der Waals surface area (Å²) in [6.45, 7) is 6.78. The van der Waals surface area contributed by atoms with Gasteiger partial charge in [0.05, 0.1) is 12.1 Å². The van der Waals surface area contributed by atoms with E-state index >= 15 is 0 Å². The van der Waals surface area contributed by atoms with Gasteiger partial charge >= 0.3 is 0 Å². The van der Waals surface area contributed by atoms with E-state index in [-0.39, 0.29) is 0 Å². The van der Waals surface area contributed by atoms with Crippen molar-refractivity contribution in [3.8, 4) is 11.5 Å². The minimum absolute atomic E-state index is 0.394. The van der Waals surface area contributed by atoms with Gasteiger partial charge in [-0.05, 0) is 34.5 Å². The molecule has 0 amide bonds. The van der Waals surface area contributed by atoms with Gasteiger partial charge in [-0.2, -0.15) is 0 Å². The summed E-state index contributed by atoms with van der Waals surface area (Å²) in [5.41, 5.74) is 2.07. The number of benzene rings is 1. The molecule has 1 N–H and O–H groups in total. The van der Waals surface area contributed by atoms with Crippen molar-refractivity contribution in [1.82, 2.24) is 15.5 Å². The average Bonchev–Trinajstić information content (AvgIpc) is 2.78. The molecule has 0 aliphatic carbocycles. The highest BCUT2D eigenvalue weighted by atomic mass is 79.9. The third-order valence-corrected chi connectivity index (χ3v) is 3.60. The first kappa shape index (κ1) is 13.2. The predicted molar refractivity (Wildman–Crippen MR) is 74.1 cm³/mol. The molecular formula is C13H16BrN3O. The van der Waals surface area contributed by atoms with Crippen LogP contribution < -0.4 is 5.32 Å². The summed E-state index contributed by atoms with van der Waals surface area (Å²) >= 11 is 3.54. The second kappa shape index (κ2) is 5.63. The molecule has 0 atom stereocenters. The number of halogens is 1. The van der Waals surface area contributed by atoms with Crippen molar-refractivity contribution < 1.29 is 4.42 Å². The Morgan fingerprint density at radius 3 is 2.83 bits per heavy atom. The molecule has 1 heterocycles. The lowest BCUT2D eigenvalue weighted by atomic mass is 10.1. The van der Waals surface area contributed by atoms with Crippen LogP contribution in [0.3, 0.4) is 0 Å². The smallest absolute Gasteiger partial charge is 0.248 e. The van der Waals surface area contributed by atoms with E-state index in [2.05, 4.69) is 45.3 Å². The molecule has 0 saturated carbocycles. The minimum atomic E-state index is 0.394. The van der Waals surface area contributed by atoms with Gasteiger partial charge in [0.1, 0.15) is 0 Å². The molecule has 2 rings (SSSR count). The molecule has 96 valence electrons. The molecule has 0 saturated heterocycles. The summed E-state index contributed by atoms with van der Waals surface area (Å²) in [5, 5.41) is 11.4. The Bertz CT molecular complexity index is 537. The van der Waals surface area contributed by atoms with Gasteiger partial charge in [-0.1, -0.05) is 26.0 Å². The van der Waals surface area contributed by atoms with Crippen molar-refractivity contribution in [2.45, 2.75) is 33.4 Å². The highest BCUT2D eigenvalue weighted by molar-refractivity contribution is 9.10. The molecule has 5 heteroatoms. The van der Waals surface area contributed by atoms with Crippen LogP contribution >= 0.6 is 15.9 Å². The van der Waals surface area contributed by atoms with Crippen LogP contribution in [-0.2, 0) is 6.54 Å². The number of aryl methyl sites for hydroxylation is 1. The number of nitrogens with one attached hydrogen (secondary N) is 1. The molecule has 0 fully saturated rings. The van der Waals surface area contributed by atoms with Crippen LogP contribution in [0.1, 0.15) is 25.3 Å². The van der Waals surface area contributed by atoms with Crippen LogP contribution in [0.25, 0.3) is 11.5 Å². The summed E-state index contributed by atoms with van der Waals surface area (Å²) in [6, 6.07) is 6.37. The Hall–Kier alpha value is -1.20. The van der Waals surface area contributed by atoms with Crippen molar-refractivity contribution >= 4 is 15.9 Å². The highest BCUT2D eigenvalue weighted by Gasteiger charge is 2.12. The predicted octanol–water partition coefficient (Wildman–Crippen LogP) is 3.31. The minimum Gasteiger partial charge on any atom is -0.419 e. The number of nitrogens with zero attached hydrogens (tertiary/aromatic N) is 2. The van der Waals surface area contributed by atoms with Gasteiger partial charge in [0, 0.05) is 10.5 Å². The largest absolute Gasteiger partial charge is 0.419 e. The number of hydrogen-bond donors (Lipinski definition) is 1. The molecule has 0 aliphatic rings.